The number of nitrogens with zero attached hydrogens (tertiary/aromatic N) is 1. The van der Waals surface area contributed by atoms with Gasteiger partial charge in [-0.05, 0) is 54.7 Å². The third-order valence-electron chi connectivity index (χ3n) is 4.63. The lowest BCUT2D eigenvalue weighted by molar-refractivity contribution is -0.118. The molecule has 1 aliphatic rings. The van der Waals surface area contributed by atoms with Crippen LogP contribution in [0.3, 0.4) is 0 Å². The van der Waals surface area contributed by atoms with Crippen LogP contribution in [0.15, 0.2) is 36.4 Å². The number of carbonyl (C=O) groups excluding carboxylic acids is 1. The fourth-order valence-electron chi connectivity index (χ4n) is 3.31. The minimum absolute atomic E-state index is 0.119. The molecule has 0 aliphatic carbocycles. The Morgan fingerprint density at radius 3 is 2.56 bits per heavy atom. The van der Waals surface area contributed by atoms with E-state index in [4.69, 9.17) is 15.2 Å². The Labute approximate surface area is 148 Å². The van der Waals surface area contributed by atoms with Gasteiger partial charge in [-0.3, -0.25) is 4.79 Å². The van der Waals surface area contributed by atoms with Crippen LogP contribution in [0.2, 0.25) is 0 Å². The number of nitrogen functional groups attached to an aromatic ring is 1. The van der Waals surface area contributed by atoms with Gasteiger partial charge in [-0.2, -0.15) is 0 Å². The van der Waals surface area contributed by atoms with E-state index in [0.29, 0.717) is 12.8 Å². The number of benzene rings is 2. The SMILES string of the molecule is COc1cc(CCC(=O)N2CCCc3c(N)cccc32)cc(OC)c1. The molecule has 25 heavy (non-hydrogen) atoms. The molecule has 0 atom stereocenters. The second kappa shape index (κ2) is 7.47. The molecule has 3 rings (SSSR count). The van der Waals surface area contributed by atoms with Gasteiger partial charge < -0.3 is 20.1 Å². The van der Waals surface area contributed by atoms with Gasteiger partial charge in [0.2, 0.25) is 5.91 Å². The molecule has 1 heterocycles. The zero-order valence-electron chi connectivity index (χ0n) is 14.7. The molecule has 0 saturated heterocycles. The summed E-state index contributed by atoms with van der Waals surface area (Å²) in [7, 11) is 3.25. The molecule has 0 radical (unpaired) electrons. The van der Waals surface area contributed by atoms with Crippen LogP contribution in [0.1, 0.15) is 24.0 Å². The Kier molecular flexibility index (Phi) is 5.12. The molecule has 0 bridgehead atoms. The summed E-state index contributed by atoms with van der Waals surface area (Å²) in [5.41, 5.74) is 9.91. The van der Waals surface area contributed by atoms with Crippen molar-refractivity contribution in [2.75, 3.05) is 31.4 Å². The van der Waals surface area contributed by atoms with Crippen LogP contribution in [0.25, 0.3) is 0 Å². The largest absolute Gasteiger partial charge is 0.497 e. The van der Waals surface area contributed by atoms with Crippen LogP contribution >= 0.6 is 0 Å². The van der Waals surface area contributed by atoms with Crippen molar-refractivity contribution in [3.05, 3.63) is 47.5 Å². The maximum Gasteiger partial charge on any atom is 0.227 e. The molecule has 1 aliphatic heterocycles. The number of hydrogen-bond acceptors (Lipinski definition) is 4. The van der Waals surface area contributed by atoms with Gasteiger partial charge in [-0.1, -0.05) is 6.07 Å². The Hall–Kier alpha value is -2.69. The minimum atomic E-state index is 0.119. The monoisotopic (exact) mass is 340 g/mol. The summed E-state index contributed by atoms with van der Waals surface area (Å²) < 4.78 is 10.6. The van der Waals surface area contributed by atoms with Crippen LogP contribution in [0.4, 0.5) is 11.4 Å². The van der Waals surface area contributed by atoms with Crippen LogP contribution < -0.4 is 20.1 Å². The fraction of sp³-hybridized carbons (Fsp3) is 0.350. The molecule has 0 fully saturated rings. The van der Waals surface area contributed by atoms with Crippen molar-refractivity contribution in [3.63, 3.8) is 0 Å². The van der Waals surface area contributed by atoms with Gasteiger partial charge in [-0.15, -0.1) is 0 Å². The van der Waals surface area contributed by atoms with E-state index in [-0.39, 0.29) is 5.91 Å². The normalized spacial score (nSPS) is 13.3. The zero-order valence-corrected chi connectivity index (χ0v) is 14.7. The van der Waals surface area contributed by atoms with E-state index < -0.39 is 0 Å². The summed E-state index contributed by atoms with van der Waals surface area (Å²) >= 11 is 0. The standard InChI is InChI=1S/C20H24N2O3/c1-24-15-11-14(12-16(13-15)25-2)8-9-20(23)22-10-4-5-17-18(21)6-3-7-19(17)22/h3,6-7,11-13H,4-5,8-10,21H2,1-2H3. The van der Waals surface area contributed by atoms with Crippen molar-refractivity contribution in [1.82, 2.24) is 0 Å². The van der Waals surface area contributed by atoms with Crippen molar-refractivity contribution in [2.45, 2.75) is 25.7 Å². The van der Waals surface area contributed by atoms with Crippen molar-refractivity contribution in [1.29, 1.82) is 0 Å². The van der Waals surface area contributed by atoms with Crippen molar-refractivity contribution < 1.29 is 14.3 Å². The van der Waals surface area contributed by atoms with E-state index in [1.165, 1.54) is 0 Å². The molecule has 5 nitrogen and oxygen atoms in total. The van der Waals surface area contributed by atoms with Crippen molar-refractivity contribution in [2.24, 2.45) is 0 Å². The first-order valence-electron chi connectivity index (χ1n) is 8.52. The summed E-state index contributed by atoms with van der Waals surface area (Å²) in [5.74, 6) is 1.59. The van der Waals surface area contributed by atoms with Gasteiger partial charge in [0.05, 0.1) is 14.2 Å². The molecular weight excluding hydrogens is 316 g/mol. The van der Waals surface area contributed by atoms with Gasteiger partial charge in [0.25, 0.3) is 0 Å². The molecule has 2 aromatic rings. The number of ether oxygens (including phenoxy) is 2. The number of aryl methyl sites for hydroxylation is 1. The van der Waals surface area contributed by atoms with E-state index in [1.807, 2.05) is 41.3 Å². The van der Waals surface area contributed by atoms with Gasteiger partial charge in [-0.25, -0.2) is 0 Å². The summed E-state index contributed by atoms with van der Waals surface area (Å²) in [6, 6.07) is 11.5. The van der Waals surface area contributed by atoms with E-state index in [9.17, 15) is 4.79 Å². The lowest BCUT2D eigenvalue weighted by Gasteiger charge is -2.30. The molecule has 0 saturated carbocycles. The predicted octanol–water partition coefficient (Wildman–Crippen LogP) is 3.20. The van der Waals surface area contributed by atoms with E-state index in [2.05, 4.69) is 0 Å². The highest BCUT2D eigenvalue weighted by molar-refractivity contribution is 5.95. The van der Waals surface area contributed by atoms with E-state index in [0.717, 1.165) is 53.4 Å². The second-order valence-electron chi connectivity index (χ2n) is 6.21. The van der Waals surface area contributed by atoms with Gasteiger partial charge >= 0.3 is 0 Å². The van der Waals surface area contributed by atoms with Crippen LogP contribution in [-0.4, -0.2) is 26.7 Å². The highest BCUT2D eigenvalue weighted by Crippen LogP contribution is 2.32. The lowest BCUT2D eigenvalue weighted by atomic mass is 9.99. The zero-order chi connectivity index (χ0) is 17.8. The minimum Gasteiger partial charge on any atom is -0.497 e. The van der Waals surface area contributed by atoms with Crippen LogP contribution in [0, 0.1) is 0 Å². The molecular formula is C20H24N2O3. The smallest absolute Gasteiger partial charge is 0.227 e. The molecule has 132 valence electrons. The highest BCUT2D eigenvalue weighted by atomic mass is 16.5. The number of fused-ring (bicyclic) bond motifs is 1. The molecule has 0 aromatic heterocycles. The van der Waals surface area contributed by atoms with Gasteiger partial charge in [0.15, 0.2) is 0 Å². The number of carbonyl (C=O) groups is 1. The van der Waals surface area contributed by atoms with Crippen LogP contribution in [-0.2, 0) is 17.6 Å². The molecule has 2 aromatic carbocycles. The number of nitrogens with two attached hydrogens (primary N) is 1. The van der Waals surface area contributed by atoms with Crippen molar-refractivity contribution >= 4 is 17.3 Å². The second-order valence-corrected chi connectivity index (χ2v) is 6.21. The Morgan fingerprint density at radius 2 is 1.88 bits per heavy atom. The first kappa shape index (κ1) is 17.1. The average Bonchev–Trinajstić information content (AvgIpc) is 2.65. The molecule has 0 unspecified atom stereocenters. The summed E-state index contributed by atoms with van der Waals surface area (Å²) in [6.07, 6.45) is 2.95. The van der Waals surface area contributed by atoms with Crippen molar-refractivity contribution in [3.8, 4) is 11.5 Å². The van der Waals surface area contributed by atoms with Gasteiger partial charge in [0, 0.05) is 30.4 Å². The van der Waals surface area contributed by atoms with Gasteiger partial charge in [0.1, 0.15) is 11.5 Å². The number of rotatable bonds is 5. The highest BCUT2D eigenvalue weighted by Gasteiger charge is 2.23. The topological polar surface area (TPSA) is 64.8 Å². The number of methoxy groups -OCH3 is 2. The first-order chi connectivity index (χ1) is 12.1. The maximum atomic E-state index is 12.8. The Morgan fingerprint density at radius 1 is 1.16 bits per heavy atom. The lowest BCUT2D eigenvalue weighted by Crippen LogP contribution is -2.35. The third kappa shape index (κ3) is 3.71. The Bertz CT molecular complexity index is 751. The quantitative estimate of drug-likeness (QED) is 0.849. The number of anilines is 2. The molecule has 0 spiro atoms. The van der Waals surface area contributed by atoms with Crippen LogP contribution in [0.5, 0.6) is 11.5 Å². The molecule has 5 heteroatoms. The first-order valence-corrected chi connectivity index (χ1v) is 8.52. The Balaban J connectivity index is 1.73. The average molecular weight is 340 g/mol. The summed E-state index contributed by atoms with van der Waals surface area (Å²) in [5, 5.41) is 0. The van der Waals surface area contributed by atoms with E-state index >= 15 is 0 Å². The number of hydrogen-bond donors (Lipinski definition) is 1. The summed E-state index contributed by atoms with van der Waals surface area (Å²) in [4.78, 5) is 14.6. The van der Waals surface area contributed by atoms with E-state index in [1.54, 1.807) is 14.2 Å². The fourth-order valence-corrected chi connectivity index (χ4v) is 3.31. The maximum absolute atomic E-state index is 12.8. The summed E-state index contributed by atoms with van der Waals surface area (Å²) in [6.45, 7) is 0.747. The third-order valence-corrected chi connectivity index (χ3v) is 4.63. The molecule has 2 N–H and O–H groups in total. The molecule has 1 amide bonds. The number of amides is 1. The predicted molar refractivity (Wildman–Crippen MR) is 99.4 cm³/mol.